The quantitative estimate of drug-likeness (QED) is 0.757. The first kappa shape index (κ1) is 20.5. The first-order valence-corrected chi connectivity index (χ1v) is 10.5. The van der Waals surface area contributed by atoms with Crippen molar-refractivity contribution in [1.82, 2.24) is 15.1 Å². The van der Waals surface area contributed by atoms with Gasteiger partial charge in [0.05, 0.1) is 6.04 Å². The van der Waals surface area contributed by atoms with E-state index in [0.717, 1.165) is 37.3 Å². The van der Waals surface area contributed by atoms with Crippen molar-refractivity contribution in [2.75, 3.05) is 45.1 Å². The van der Waals surface area contributed by atoms with Crippen molar-refractivity contribution >= 4 is 28.8 Å². The molecule has 1 aromatic carbocycles. The molecule has 28 heavy (non-hydrogen) atoms. The monoisotopic (exact) mass is 400 g/mol. The number of hydrogen-bond donors (Lipinski definition) is 2. The lowest BCUT2D eigenvalue weighted by Gasteiger charge is -2.37. The molecule has 0 aliphatic carbocycles. The van der Waals surface area contributed by atoms with Crippen LogP contribution >= 0.6 is 11.3 Å². The van der Waals surface area contributed by atoms with E-state index in [1.54, 1.807) is 11.3 Å². The summed E-state index contributed by atoms with van der Waals surface area (Å²) < 4.78 is 0. The van der Waals surface area contributed by atoms with Gasteiger partial charge in [0.15, 0.2) is 0 Å². The molecular formula is C21H28N4O2S. The lowest BCUT2D eigenvalue weighted by Crippen LogP contribution is -2.49. The van der Waals surface area contributed by atoms with Crippen LogP contribution in [0.5, 0.6) is 0 Å². The van der Waals surface area contributed by atoms with Crippen molar-refractivity contribution in [2.24, 2.45) is 0 Å². The second-order valence-electron chi connectivity index (χ2n) is 7.39. The Hall–Kier alpha value is -2.22. The Morgan fingerprint density at radius 2 is 1.86 bits per heavy atom. The van der Waals surface area contributed by atoms with E-state index in [1.807, 2.05) is 37.4 Å². The topological polar surface area (TPSA) is 64.7 Å². The molecule has 1 aromatic heterocycles. The van der Waals surface area contributed by atoms with Gasteiger partial charge in [0.25, 0.3) is 0 Å². The number of rotatable bonds is 5. The van der Waals surface area contributed by atoms with Gasteiger partial charge in [-0.15, -0.1) is 0 Å². The predicted octanol–water partition coefficient (Wildman–Crippen LogP) is 2.41. The van der Waals surface area contributed by atoms with Gasteiger partial charge in [-0.05, 0) is 60.5 Å². The molecule has 2 aromatic rings. The Labute approximate surface area is 170 Å². The third kappa shape index (κ3) is 5.19. The van der Waals surface area contributed by atoms with Gasteiger partial charge < -0.3 is 15.5 Å². The highest BCUT2D eigenvalue weighted by Gasteiger charge is 2.25. The minimum Gasteiger partial charge on any atom is -0.346 e. The Bertz CT molecular complexity index is 814. The first-order chi connectivity index (χ1) is 13.4. The maximum absolute atomic E-state index is 12.4. The van der Waals surface area contributed by atoms with Gasteiger partial charge in [-0.3, -0.25) is 14.5 Å². The van der Waals surface area contributed by atoms with E-state index in [-0.39, 0.29) is 6.04 Å². The third-order valence-corrected chi connectivity index (χ3v) is 5.91. The summed E-state index contributed by atoms with van der Waals surface area (Å²) in [5.74, 6) is -1.23. The van der Waals surface area contributed by atoms with Crippen molar-refractivity contribution in [3.8, 4) is 0 Å². The highest BCUT2D eigenvalue weighted by atomic mass is 32.1. The van der Waals surface area contributed by atoms with Crippen LogP contribution in [0.2, 0.25) is 0 Å². The van der Waals surface area contributed by atoms with Crippen LogP contribution in [-0.2, 0) is 9.59 Å². The second-order valence-corrected chi connectivity index (χ2v) is 8.17. The van der Waals surface area contributed by atoms with Crippen molar-refractivity contribution in [3.63, 3.8) is 0 Å². The van der Waals surface area contributed by atoms with E-state index in [9.17, 15) is 9.59 Å². The number of nitrogens with zero attached hydrogens (tertiary/aromatic N) is 2. The molecule has 0 bridgehead atoms. The molecule has 7 heteroatoms. The summed E-state index contributed by atoms with van der Waals surface area (Å²) in [5, 5.41) is 9.72. The number of thiophene rings is 1. The number of amides is 2. The van der Waals surface area contributed by atoms with Crippen molar-refractivity contribution in [1.29, 1.82) is 0 Å². The van der Waals surface area contributed by atoms with Gasteiger partial charge in [-0.25, -0.2) is 0 Å². The van der Waals surface area contributed by atoms with Gasteiger partial charge in [0.2, 0.25) is 0 Å². The normalized spacial score (nSPS) is 16.5. The molecule has 1 atom stereocenters. The molecule has 3 rings (SSSR count). The van der Waals surface area contributed by atoms with Gasteiger partial charge in [0, 0.05) is 38.4 Å². The van der Waals surface area contributed by atoms with E-state index in [2.05, 4.69) is 38.9 Å². The van der Waals surface area contributed by atoms with Crippen LogP contribution in [0.1, 0.15) is 22.7 Å². The molecule has 1 unspecified atom stereocenters. The van der Waals surface area contributed by atoms with Crippen molar-refractivity contribution in [2.45, 2.75) is 19.9 Å². The molecule has 0 spiro atoms. The summed E-state index contributed by atoms with van der Waals surface area (Å²) in [6.45, 7) is 8.18. The summed E-state index contributed by atoms with van der Waals surface area (Å²) in [6.07, 6.45) is 0. The highest BCUT2D eigenvalue weighted by Crippen LogP contribution is 2.23. The van der Waals surface area contributed by atoms with Crippen LogP contribution in [0.15, 0.2) is 35.0 Å². The van der Waals surface area contributed by atoms with Crippen molar-refractivity contribution < 1.29 is 9.59 Å². The minimum absolute atomic E-state index is 0.0809. The Kier molecular flexibility index (Phi) is 6.83. The van der Waals surface area contributed by atoms with Gasteiger partial charge >= 0.3 is 11.8 Å². The molecule has 1 aliphatic rings. The number of carbonyl (C=O) groups excluding carboxylic acids is 2. The van der Waals surface area contributed by atoms with Gasteiger partial charge in [-0.2, -0.15) is 11.3 Å². The fourth-order valence-electron chi connectivity index (χ4n) is 3.38. The van der Waals surface area contributed by atoms with Crippen molar-refractivity contribution in [3.05, 3.63) is 51.7 Å². The van der Waals surface area contributed by atoms with Gasteiger partial charge in [0.1, 0.15) is 0 Å². The maximum Gasteiger partial charge on any atom is 0.313 e. The predicted molar refractivity (Wildman–Crippen MR) is 114 cm³/mol. The molecule has 2 heterocycles. The molecule has 1 saturated heterocycles. The number of nitrogens with one attached hydrogen (secondary N) is 2. The molecule has 1 aliphatic heterocycles. The summed E-state index contributed by atoms with van der Waals surface area (Å²) in [5.41, 5.74) is 3.83. The third-order valence-electron chi connectivity index (χ3n) is 5.21. The lowest BCUT2D eigenvalue weighted by atomic mass is 10.1. The zero-order valence-corrected chi connectivity index (χ0v) is 17.5. The highest BCUT2D eigenvalue weighted by molar-refractivity contribution is 7.08. The smallest absolute Gasteiger partial charge is 0.313 e. The Balaban J connectivity index is 1.61. The van der Waals surface area contributed by atoms with E-state index in [0.29, 0.717) is 12.2 Å². The van der Waals surface area contributed by atoms with E-state index in [4.69, 9.17) is 0 Å². The fraction of sp³-hybridized carbons (Fsp3) is 0.429. The lowest BCUT2D eigenvalue weighted by molar-refractivity contribution is -0.136. The number of benzene rings is 1. The standard InChI is InChI=1S/C21H28N4O2S/c1-15-4-5-16(2)18(12-15)23-21(27)20(26)22-13-19(17-6-11-28-14-17)25-9-7-24(3)8-10-25/h4-6,11-12,14,19H,7-10,13H2,1-3H3,(H,22,26)(H,23,27). The van der Waals surface area contributed by atoms with Crippen LogP contribution in [-0.4, -0.2) is 61.4 Å². The van der Waals surface area contributed by atoms with Gasteiger partial charge in [-0.1, -0.05) is 12.1 Å². The molecular weight excluding hydrogens is 372 g/mol. The molecule has 6 nitrogen and oxygen atoms in total. The molecule has 1 fully saturated rings. The molecule has 2 N–H and O–H groups in total. The summed E-state index contributed by atoms with van der Waals surface area (Å²) in [4.78, 5) is 29.4. The largest absolute Gasteiger partial charge is 0.346 e. The maximum atomic E-state index is 12.4. The first-order valence-electron chi connectivity index (χ1n) is 9.55. The average Bonchev–Trinajstić information content (AvgIpc) is 3.20. The molecule has 150 valence electrons. The number of carbonyl (C=O) groups is 2. The molecule has 0 saturated carbocycles. The Morgan fingerprint density at radius 1 is 1.11 bits per heavy atom. The van der Waals surface area contributed by atoms with E-state index in [1.165, 1.54) is 5.56 Å². The second kappa shape index (κ2) is 9.32. The van der Waals surface area contributed by atoms with E-state index >= 15 is 0 Å². The van der Waals surface area contributed by atoms with Crippen LogP contribution in [0.4, 0.5) is 5.69 Å². The average molecular weight is 401 g/mol. The molecule has 0 radical (unpaired) electrons. The zero-order valence-electron chi connectivity index (χ0n) is 16.7. The van der Waals surface area contributed by atoms with E-state index < -0.39 is 11.8 Å². The summed E-state index contributed by atoms with van der Waals surface area (Å²) in [6, 6.07) is 7.96. The number of aryl methyl sites for hydroxylation is 2. The molecule has 2 amide bonds. The minimum atomic E-state index is -0.629. The number of hydrogen-bond acceptors (Lipinski definition) is 5. The van der Waals surface area contributed by atoms with Crippen LogP contribution in [0.25, 0.3) is 0 Å². The SMILES string of the molecule is Cc1ccc(C)c(NC(=O)C(=O)NCC(c2ccsc2)N2CCN(C)CC2)c1. The zero-order chi connectivity index (χ0) is 20.1. The Morgan fingerprint density at radius 3 is 2.54 bits per heavy atom. The van der Waals surface area contributed by atoms with Crippen LogP contribution in [0, 0.1) is 13.8 Å². The fourth-order valence-corrected chi connectivity index (χ4v) is 4.08. The summed E-state index contributed by atoms with van der Waals surface area (Å²) in [7, 11) is 2.12. The van der Waals surface area contributed by atoms with Crippen LogP contribution < -0.4 is 10.6 Å². The number of anilines is 1. The number of piperazine rings is 1. The number of likely N-dealkylation sites (N-methyl/N-ethyl adjacent to an activating group) is 1. The van der Waals surface area contributed by atoms with Crippen LogP contribution in [0.3, 0.4) is 0 Å². The summed E-state index contributed by atoms with van der Waals surface area (Å²) >= 11 is 1.65.